The molecule has 0 aromatic carbocycles. The fourth-order valence-electron chi connectivity index (χ4n) is 0. The first-order valence-electron chi connectivity index (χ1n) is 0.928. The number of rotatable bonds is 0. The van der Waals surface area contributed by atoms with Gasteiger partial charge in [-0.05, 0) is 0 Å². The summed E-state index contributed by atoms with van der Waals surface area (Å²) in [5, 5.41) is -0.387. The Balaban J connectivity index is 2.85. The minimum absolute atomic E-state index is 0.387. The molecule has 0 aromatic heterocycles. The third-order valence-corrected chi connectivity index (χ3v) is 0.656. The number of hydrogen-bond acceptors (Lipinski definition) is 1. The Kier molecular flexibility index (Phi) is 2.30. The van der Waals surface area contributed by atoms with Crippen molar-refractivity contribution in [2.75, 3.05) is 0 Å². The van der Waals surface area contributed by atoms with Crippen molar-refractivity contribution in [2.24, 2.45) is 0 Å². The summed E-state index contributed by atoms with van der Waals surface area (Å²) in [4.78, 5) is 11.6. The molecule has 0 aliphatic heterocycles. The van der Waals surface area contributed by atoms with Crippen LogP contribution in [-0.2, 0) is 0 Å². The highest BCUT2D eigenvalue weighted by Crippen LogP contribution is 1.66. The number of amides is 1. The van der Waals surface area contributed by atoms with Crippen LogP contribution >= 0.6 is 12.6 Å². The molecule has 0 bridgehead atoms. The second-order valence-corrected chi connectivity index (χ2v) is 1.09. The molecule has 27 valence electrons. The maximum absolute atomic E-state index is 9.52. The summed E-state index contributed by atoms with van der Waals surface area (Å²) in [6, 6.07) is 0. The maximum Gasteiger partial charge on any atom is 0.267 e. The quantitative estimate of drug-likeness (QED) is 0.321. The van der Waals surface area contributed by atoms with Crippen LogP contribution in [0.25, 0.3) is 0 Å². The van der Waals surface area contributed by atoms with Gasteiger partial charge in [-0.15, -0.1) is 0 Å². The average molecular weight is 104 g/mol. The van der Waals surface area contributed by atoms with Gasteiger partial charge in [-0.1, -0.05) is 12.6 Å². The minimum Gasteiger partial charge on any atom is -0.375 e. The maximum atomic E-state index is 9.52. The summed E-state index contributed by atoms with van der Waals surface area (Å²) in [5.74, 6) is 0. The zero-order valence-electron chi connectivity index (χ0n) is 2.36. The van der Waals surface area contributed by atoms with E-state index in [9.17, 15) is 4.79 Å². The van der Waals surface area contributed by atoms with Crippen LogP contribution in [0.15, 0.2) is 0 Å². The van der Waals surface area contributed by atoms with Crippen molar-refractivity contribution < 1.29 is 4.79 Å². The predicted octanol–water partition coefficient (Wildman–Crippen LogP) is -0.291. The topological polar surface area (TPSA) is 29.1 Å². The molecule has 0 spiro atoms. The largest absolute Gasteiger partial charge is 0.375 e. The summed E-state index contributed by atoms with van der Waals surface area (Å²) in [5.41, 5.74) is 0. The molecule has 0 fully saturated rings. The lowest BCUT2D eigenvalue weighted by atomic mass is 11.5. The average Bonchev–Trinajstić information content (AvgIpc) is 1.38. The van der Waals surface area contributed by atoms with Gasteiger partial charge in [-0.25, -0.2) is 0 Å². The highest BCUT2D eigenvalue weighted by Gasteiger charge is 1.74. The van der Waals surface area contributed by atoms with E-state index < -0.39 is 0 Å². The molecule has 0 heterocycles. The van der Waals surface area contributed by atoms with E-state index >= 15 is 0 Å². The highest BCUT2D eigenvalue weighted by atomic mass is 32.1. The van der Waals surface area contributed by atoms with Crippen molar-refractivity contribution in [2.45, 2.75) is 0 Å². The molecular formula is CH2NOSSi. The molecule has 3 radical (unpaired) electrons. The van der Waals surface area contributed by atoms with Crippen LogP contribution < -0.4 is 4.98 Å². The Bertz CT molecular complexity index is 46.9. The predicted molar refractivity (Wildman–Crippen MR) is 23.3 cm³/mol. The van der Waals surface area contributed by atoms with E-state index in [0.717, 1.165) is 0 Å². The molecule has 0 aromatic rings. The molecular weight excluding hydrogens is 102 g/mol. The van der Waals surface area contributed by atoms with Crippen molar-refractivity contribution in [3.8, 4) is 0 Å². The van der Waals surface area contributed by atoms with Crippen molar-refractivity contribution in [1.29, 1.82) is 0 Å². The van der Waals surface area contributed by atoms with Gasteiger partial charge in [0.25, 0.3) is 5.24 Å². The lowest BCUT2D eigenvalue weighted by Gasteiger charge is -1.77. The zero-order valence-corrected chi connectivity index (χ0v) is 4.25. The van der Waals surface area contributed by atoms with Crippen molar-refractivity contribution in [3.63, 3.8) is 0 Å². The first-order valence-corrected chi connectivity index (χ1v) is 1.87. The van der Waals surface area contributed by atoms with Crippen LogP contribution in [0.4, 0.5) is 4.79 Å². The summed E-state index contributed by atoms with van der Waals surface area (Å²) in [6.07, 6.45) is 0. The van der Waals surface area contributed by atoms with Gasteiger partial charge in [0, 0.05) is 0 Å². The normalized spacial score (nSPS) is 6.80. The van der Waals surface area contributed by atoms with Gasteiger partial charge in [-0.2, -0.15) is 0 Å². The van der Waals surface area contributed by atoms with Crippen LogP contribution in [0.1, 0.15) is 0 Å². The Morgan fingerprint density at radius 1 is 2.00 bits per heavy atom. The van der Waals surface area contributed by atoms with Gasteiger partial charge in [-0.3, -0.25) is 4.79 Å². The summed E-state index contributed by atoms with van der Waals surface area (Å²) >= 11 is 3.30. The second kappa shape index (κ2) is 2.28. The van der Waals surface area contributed by atoms with Crippen molar-refractivity contribution >= 4 is 28.3 Å². The molecule has 0 saturated carbocycles. The van der Waals surface area contributed by atoms with Gasteiger partial charge in [0.1, 0.15) is 0 Å². The molecule has 0 unspecified atom stereocenters. The molecule has 2 nitrogen and oxygen atoms in total. The van der Waals surface area contributed by atoms with Crippen LogP contribution in [0, 0.1) is 0 Å². The smallest absolute Gasteiger partial charge is 0.267 e. The van der Waals surface area contributed by atoms with E-state index in [1.165, 1.54) is 0 Å². The molecule has 0 atom stereocenters. The van der Waals surface area contributed by atoms with Gasteiger partial charge in [0.05, 0.1) is 0 Å². The molecule has 0 saturated heterocycles. The molecule has 5 heavy (non-hydrogen) atoms. The van der Waals surface area contributed by atoms with Crippen LogP contribution in [0.5, 0.6) is 0 Å². The number of thiol groups is 1. The number of carbonyl (C=O) groups is 1. The lowest BCUT2D eigenvalue weighted by molar-refractivity contribution is 0.265. The van der Waals surface area contributed by atoms with Gasteiger partial charge in [0.2, 0.25) is 0 Å². The number of hydrogen-bond donors (Lipinski definition) is 2. The Labute approximate surface area is 38.9 Å². The standard InChI is InChI=1S/CH2NOSSi/c3-1(4)2-5/h(H2,2,3,4). The van der Waals surface area contributed by atoms with E-state index in [1.807, 2.05) is 0 Å². The van der Waals surface area contributed by atoms with Crippen LogP contribution in [0.2, 0.25) is 0 Å². The molecule has 0 rings (SSSR count). The van der Waals surface area contributed by atoms with Crippen molar-refractivity contribution in [1.82, 2.24) is 4.98 Å². The molecule has 1 amide bonds. The Morgan fingerprint density at radius 3 is 2.20 bits per heavy atom. The van der Waals surface area contributed by atoms with Gasteiger partial charge >= 0.3 is 0 Å². The van der Waals surface area contributed by atoms with Crippen molar-refractivity contribution in [3.05, 3.63) is 0 Å². The second-order valence-electron chi connectivity index (χ2n) is 0.430. The summed E-state index contributed by atoms with van der Waals surface area (Å²) in [6.45, 7) is 0. The first kappa shape index (κ1) is 5.04. The van der Waals surface area contributed by atoms with Gasteiger partial charge in [0.15, 0.2) is 10.4 Å². The van der Waals surface area contributed by atoms with Crippen LogP contribution in [-0.4, -0.2) is 15.6 Å². The van der Waals surface area contributed by atoms with Crippen LogP contribution in [0.3, 0.4) is 0 Å². The third-order valence-electron chi connectivity index (χ3n) is 0.107. The first-order chi connectivity index (χ1) is 2.27. The SMILES string of the molecule is O=C(S)N[Si]. The molecule has 4 heteroatoms. The highest BCUT2D eigenvalue weighted by molar-refractivity contribution is 7.96. The van der Waals surface area contributed by atoms with E-state index in [-0.39, 0.29) is 5.24 Å². The molecule has 1 N–H and O–H groups in total. The fraction of sp³-hybridized carbons (Fsp3) is 0. The van der Waals surface area contributed by atoms with E-state index in [1.54, 1.807) is 0 Å². The van der Waals surface area contributed by atoms with E-state index in [0.29, 0.717) is 0 Å². The summed E-state index contributed by atoms with van der Waals surface area (Å²) < 4.78 is 0. The molecule has 0 aliphatic rings. The monoisotopic (exact) mass is 104 g/mol. The van der Waals surface area contributed by atoms with E-state index in [4.69, 9.17) is 0 Å². The zero-order chi connectivity index (χ0) is 4.28. The van der Waals surface area contributed by atoms with Gasteiger partial charge < -0.3 is 4.98 Å². The Morgan fingerprint density at radius 2 is 2.20 bits per heavy atom. The Hall–Kier alpha value is 0.0369. The fourth-order valence-corrected chi connectivity index (χ4v) is 0. The lowest BCUT2D eigenvalue weighted by Crippen LogP contribution is -2.09. The number of carbonyl (C=O) groups excluding carboxylic acids is 1. The minimum atomic E-state index is -0.387. The third kappa shape index (κ3) is 4.04. The number of nitrogens with one attached hydrogen (secondary N) is 1. The summed E-state index contributed by atoms with van der Waals surface area (Å²) in [7, 11) is 2.68. The van der Waals surface area contributed by atoms with E-state index in [2.05, 4.69) is 28.0 Å². The molecule has 0 aliphatic carbocycles.